The smallest absolute Gasteiger partial charge is 0.185 e. The SMILES string of the molecule is CCC(C)C(=O)c1cn(Cc2cccc(F)c2)cn1. The zero-order chi connectivity index (χ0) is 13.8. The third kappa shape index (κ3) is 3.28. The van der Waals surface area contributed by atoms with Crippen molar-refractivity contribution in [2.75, 3.05) is 0 Å². The van der Waals surface area contributed by atoms with Crippen LogP contribution in [0, 0.1) is 11.7 Å². The topological polar surface area (TPSA) is 34.9 Å². The van der Waals surface area contributed by atoms with Gasteiger partial charge in [-0.15, -0.1) is 0 Å². The van der Waals surface area contributed by atoms with Gasteiger partial charge in [0.05, 0.1) is 6.33 Å². The molecule has 1 aromatic carbocycles. The minimum Gasteiger partial charge on any atom is -0.332 e. The van der Waals surface area contributed by atoms with E-state index in [0.29, 0.717) is 12.2 Å². The number of imidazole rings is 1. The predicted molar refractivity (Wildman–Crippen MR) is 71.5 cm³/mol. The van der Waals surface area contributed by atoms with Crippen LogP contribution in [0.4, 0.5) is 4.39 Å². The average molecular weight is 260 g/mol. The molecule has 4 heteroatoms. The first-order valence-corrected chi connectivity index (χ1v) is 6.40. The number of ketones is 1. The van der Waals surface area contributed by atoms with Gasteiger partial charge in [-0.1, -0.05) is 26.0 Å². The molecule has 0 bridgehead atoms. The first-order valence-electron chi connectivity index (χ1n) is 6.40. The number of Topliss-reactive ketones (excluding diaryl/α,β-unsaturated/α-hetero) is 1. The highest BCUT2D eigenvalue weighted by atomic mass is 19.1. The van der Waals surface area contributed by atoms with Crippen molar-refractivity contribution in [1.29, 1.82) is 0 Å². The minimum absolute atomic E-state index is 0.0162. The minimum atomic E-state index is -0.256. The van der Waals surface area contributed by atoms with Gasteiger partial charge >= 0.3 is 0 Å². The van der Waals surface area contributed by atoms with Crippen molar-refractivity contribution < 1.29 is 9.18 Å². The molecule has 0 spiro atoms. The van der Waals surface area contributed by atoms with Crippen LogP contribution in [-0.2, 0) is 6.54 Å². The number of nitrogens with zero attached hydrogens (tertiary/aromatic N) is 2. The Kier molecular flexibility index (Phi) is 4.10. The summed E-state index contributed by atoms with van der Waals surface area (Å²) in [5, 5.41) is 0. The second-order valence-electron chi connectivity index (χ2n) is 4.73. The average Bonchev–Trinajstić information content (AvgIpc) is 2.85. The first kappa shape index (κ1) is 13.5. The molecular formula is C15H17FN2O. The number of carbonyl (C=O) groups is 1. The largest absolute Gasteiger partial charge is 0.332 e. The third-order valence-corrected chi connectivity index (χ3v) is 3.20. The highest BCUT2D eigenvalue weighted by Crippen LogP contribution is 2.11. The van der Waals surface area contributed by atoms with E-state index in [0.717, 1.165) is 12.0 Å². The lowest BCUT2D eigenvalue weighted by molar-refractivity contribution is 0.0922. The van der Waals surface area contributed by atoms with Crippen molar-refractivity contribution in [1.82, 2.24) is 9.55 Å². The predicted octanol–water partition coefficient (Wildman–Crippen LogP) is 3.30. The molecule has 1 aromatic heterocycles. The zero-order valence-electron chi connectivity index (χ0n) is 11.1. The molecule has 0 aliphatic rings. The van der Waals surface area contributed by atoms with E-state index < -0.39 is 0 Å². The van der Waals surface area contributed by atoms with E-state index in [9.17, 15) is 9.18 Å². The van der Waals surface area contributed by atoms with E-state index in [1.54, 1.807) is 23.2 Å². The van der Waals surface area contributed by atoms with Crippen LogP contribution in [0.2, 0.25) is 0 Å². The first-order chi connectivity index (χ1) is 9.10. The van der Waals surface area contributed by atoms with Crippen LogP contribution in [-0.4, -0.2) is 15.3 Å². The lowest BCUT2D eigenvalue weighted by atomic mass is 10.0. The molecule has 0 amide bonds. The van der Waals surface area contributed by atoms with Crippen LogP contribution in [0.1, 0.15) is 36.3 Å². The lowest BCUT2D eigenvalue weighted by Crippen LogP contribution is -2.10. The highest BCUT2D eigenvalue weighted by Gasteiger charge is 2.15. The number of rotatable bonds is 5. The molecular weight excluding hydrogens is 243 g/mol. The summed E-state index contributed by atoms with van der Waals surface area (Å²) in [6.45, 7) is 4.39. The second-order valence-corrected chi connectivity index (χ2v) is 4.73. The van der Waals surface area contributed by atoms with Gasteiger partial charge in [-0.05, 0) is 24.1 Å². The molecule has 1 atom stereocenters. The molecule has 2 aromatic rings. The van der Waals surface area contributed by atoms with Crippen molar-refractivity contribution in [2.24, 2.45) is 5.92 Å². The number of hydrogen-bond donors (Lipinski definition) is 0. The van der Waals surface area contributed by atoms with Gasteiger partial charge < -0.3 is 4.57 Å². The van der Waals surface area contributed by atoms with Crippen LogP contribution >= 0.6 is 0 Å². The summed E-state index contributed by atoms with van der Waals surface area (Å²) < 4.78 is 14.9. The second kappa shape index (κ2) is 5.78. The molecule has 2 rings (SSSR count). The molecule has 0 radical (unpaired) electrons. The molecule has 19 heavy (non-hydrogen) atoms. The highest BCUT2D eigenvalue weighted by molar-refractivity contribution is 5.95. The lowest BCUT2D eigenvalue weighted by Gasteiger charge is -2.04. The summed E-state index contributed by atoms with van der Waals surface area (Å²) in [6.07, 6.45) is 4.13. The Morgan fingerprint density at radius 2 is 2.26 bits per heavy atom. The molecule has 0 aliphatic carbocycles. The van der Waals surface area contributed by atoms with Crippen LogP contribution in [0.25, 0.3) is 0 Å². The molecule has 0 aliphatic heterocycles. The summed E-state index contributed by atoms with van der Waals surface area (Å²) >= 11 is 0. The number of carbonyl (C=O) groups excluding carboxylic acids is 1. The van der Waals surface area contributed by atoms with Gasteiger partial charge in [0.2, 0.25) is 0 Å². The van der Waals surface area contributed by atoms with Gasteiger partial charge in [-0.3, -0.25) is 4.79 Å². The van der Waals surface area contributed by atoms with Gasteiger partial charge in [0, 0.05) is 18.7 Å². The molecule has 0 saturated heterocycles. The molecule has 3 nitrogen and oxygen atoms in total. The molecule has 0 saturated carbocycles. The van der Waals surface area contributed by atoms with E-state index >= 15 is 0 Å². The molecule has 0 N–H and O–H groups in total. The fraction of sp³-hybridized carbons (Fsp3) is 0.333. The van der Waals surface area contributed by atoms with E-state index in [1.807, 2.05) is 19.9 Å². The molecule has 1 unspecified atom stereocenters. The Balaban J connectivity index is 2.11. The van der Waals surface area contributed by atoms with Crippen molar-refractivity contribution in [3.63, 3.8) is 0 Å². The van der Waals surface area contributed by atoms with Gasteiger partial charge in [0.15, 0.2) is 5.78 Å². The fourth-order valence-electron chi connectivity index (χ4n) is 1.86. The van der Waals surface area contributed by atoms with Crippen LogP contribution < -0.4 is 0 Å². The number of aromatic nitrogens is 2. The maximum atomic E-state index is 13.1. The van der Waals surface area contributed by atoms with E-state index in [2.05, 4.69) is 4.98 Å². The maximum Gasteiger partial charge on any atom is 0.185 e. The summed E-state index contributed by atoms with van der Waals surface area (Å²) in [6, 6.07) is 6.41. The van der Waals surface area contributed by atoms with Crippen LogP contribution in [0.15, 0.2) is 36.8 Å². The molecule has 100 valence electrons. The third-order valence-electron chi connectivity index (χ3n) is 3.20. The summed E-state index contributed by atoms with van der Waals surface area (Å²) in [5.41, 5.74) is 1.32. The number of benzene rings is 1. The van der Waals surface area contributed by atoms with E-state index in [4.69, 9.17) is 0 Å². The van der Waals surface area contributed by atoms with Gasteiger partial charge in [0.25, 0.3) is 0 Å². The number of hydrogen-bond acceptors (Lipinski definition) is 2. The van der Waals surface area contributed by atoms with Gasteiger partial charge in [-0.25, -0.2) is 9.37 Å². The van der Waals surface area contributed by atoms with Crippen LogP contribution in [0.3, 0.4) is 0 Å². The Hall–Kier alpha value is -1.97. The van der Waals surface area contributed by atoms with Crippen molar-refractivity contribution >= 4 is 5.78 Å². The summed E-state index contributed by atoms with van der Waals surface area (Å²) in [5.74, 6) is -0.216. The zero-order valence-corrected chi connectivity index (χ0v) is 11.1. The van der Waals surface area contributed by atoms with E-state index in [1.165, 1.54) is 12.1 Å². The van der Waals surface area contributed by atoms with Gasteiger partial charge in [-0.2, -0.15) is 0 Å². The Bertz CT molecular complexity index is 577. The number of halogens is 1. The van der Waals surface area contributed by atoms with Crippen molar-refractivity contribution in [2.45, 2.75) is 26.8 Å². The normalized spacial score (nSPS) is 12.4. The monoisotopic (exact) mass is 260 g/mol. The standard InChI is InChI=1S/C15H17FN2O/c1-3-11(2)15(19)14-9-18(10-17-14)8-12-5-4-6-13(16)7-12/h4-7,9-11H,3,8H2,1-2H3. The van der Waals surface area contributed by atoms with Crippen molar-refractivity contribution in [3.8, 4) is 0 Å². The Morgan fingerprint density at radius 1 is 1.47 bits per heavy atom. The Labute approximate surface area is 112 Å². The quantitative estimate of drug-likeness (QED) is 0.773. The van der Waals surface area contributed by atoms with E-state index in [-0.39, 0.29) is 17.5 Å². The molecule has 0 fully saturated rings. The van der Waals surface area contributed by atoms with Gasteiger partial charge in [0.1, 0.15) is 11.5 Å². The fourth-order valence-corrected chi connectivity index (χ4v) is 1.86. The van der Waals surface area contributed by atoms with Crippen LogP contribution in [0.5, 0.6) is 0 Å². The molecule has 1 heterocycles. The summed E-state index contributed by atoms with van der Waals surface area (Å²) in [7, 11) is 0. The van der Waals surface area contributed by atoms with Crippen molar-refractivity contribution in [3.05, 3.63) is 53.9 Å². The maximum absolute atomic E-state index is 13.1. The Morgan fingerprint density at radius 3 is 2.95 bits per heavy atom. The summed E-state index contributed by atoms with van der Waals surface area (Å²) in [4.78, 5) is 16.1.